The van der Waals surface area contributed by atoms with E-state index in [4.69, 9.17) is 0 Å². The molecule has 0 bridgehead atoms. The van der Waals surface area contributed by atoms with Crippen molar-refractivity contribution in [3.63, 3.8) is 0 Å². The van der Waals surface area contributed by atoms with Crippen molar-refractivity contribution in [1.82, 2.24) is 14.8 Å². The van der Waals surface area contributed by atoms with Gasteiger partial charge in [-0.15, -0.1) is 0 Å². The lowest BCUT2D eigenvalue weighted by Gasteiger charge is -2.06. The van der Waals surface area contributed by atoms with Crippen LogP contribution in [0.3, 0.4) is 0 Å². The molecule has 2 aromatic heterocycles. The summed E-state index contributed by atoms with van der Waals surface area (Å²) >= 11 is 3.39. The molecular weight excluding hydrogens is 296 g/mol. The lowest BCUT2D eigenvalue weighted by molar-refractivity contribution is -0.116. The van der Waals surface area contributed by atoms with Crippen LogP contribution in [0.15, 0.2) is 35.2 Å². The van der Waals surface area contributed by atoms with E-state index in [0.29, 0.717) is 13.0 Å². The van der Waals surface area contributed by atoms with Crippen LogP contribution in [0, 0.1) is 6.92 Å². The fourth-order valence-corrected chi connectivity index (χ4v) is 1.81. The second-order valence-electron chi connectivity index (χ2n) is 3.84. The summed E-state index contributed by atoms with van der Waals surface area (Å²) in [5, 5.41) is 6.98. The number of carbonyl (C=O) groups excluding carboxylic acids is 1. The highest BCUT2D eigenvalue weighted by Gasteiger charge is 2.06. The number of pyridine rings is 1. The van der Waals surface area contributed by atoms with Gasteiger partial charge in [0.05, 0.1) is 17.2 Å². The van der Waals surface area contributed by atoms with Crippen molar-refractivity contribution in [2.75, 3.05) is 5.32 Å². The van der Waals surface area contributed by atoms with Gasteiger partial charge >= 0.3 is 0 Å². The zero-order valence-corrected chi connectivity index (χ0v) is 11.5. The highest BCUT2D eigenvalue weighted by molar-refractivity contribution is 9.10. The van der Waals surface area contributed by atoms with Crippen LogP contribution in [-0.2, 0) is 11.3 Å². The Bertz CT molecular complexity index is 538. The standard InChI is InChI=1S/C12H13BrN4O/c1-9-11(13)8-15-17(9)7-4-12(18)16-10-2-5-14-6-3-10/h2-3,5-6,8H,4,7H2,1H3,(H,14,16,18). The summed E-state index contributed by atoms with van der Waals surface area (Å²) in [7, 11) is 0. The number of hydrogen-bond acceptors (Lipinski definition) is 3. The molecule has 94 valence electrons. The minimum Gasteiger partial charge on any atom is -0.326 e. The molecule has 0 aliphatic heterocycles. The highest BCUT2D eigenvalue weighted by Crippen LogP contribution is 2.14. The molecule has 0 unspecified atom stereocenters. The van der Waals surface area contributed by atoms with E-state index in [1.165, 1.54) is 0 Å². The molecule has 0 aliphatic carbocycles. The Morgan fingerprint density at radius 1 is 1.44 bits per heavy atom. The van der Waals surface area contributed by atoms with Crippen molar-refractivity contribution in [2.24, 2.45) is 0 Å². The molecule has 1 amide bonds. The first-order chi connectivity index (χ1) is 8.66. The average Bonchev–Trinajstić information content (AvgIpc) is 2.69. The molecule has 0 radical (unpaired) electrons. The van der Waals surface area contributed by atoms with E-state index in [-0.39, 0.29) is 5.91 Å². The van der Waals surface area contributed by atoms with E-state index in [9.17, 15) is 4.79 Å². The zero-order chi connectivity index (χ0) is 13.0. The Balaban J connectivity index is 1.87. The van der Waals surface area contributed by atoms with Crippen LogP contribution in [0.1, 0.15) is 12.1 Å². The smallest absolute Gasteiger partial charge is 0.226 e. The molecule has 2 heterocycles. The van der Waals surface area contributed by atoms with Crippen molar-refractivity contribution in [2.45, 2.75) is 19.9 Å². The summed E-state index contributed by atoms with van der Waals surface area (Å²) in [6, 6.07) is 3.52. The van der Waals surface area contributed by atoms with Gasteiger partial charge in [0.15, 0.2) is 0 Å². The molecule has 2 rings (SSSR count). The van der Waals surface area contributed by atoms with Crippen molar-refractivity contribution >= 4 is 27.5 Å². The van der Waals surface area contributed by atoms with Gasteiger partial charge in [0, 0.05) is 30.2 Å². The molecule has 5 nitrogen and oxygen atoms in total. The van der Waals surface area contributed by atoms with Gasteiger partial charge in [0.25, 0.3) is 0 Å². The number of hydrogen-bond donors (Lipinski definition) is 1. The Kier molecular flexibility index (Phi) is 4.09. The monoisotopic (exact) mass is 308 g/mol. The summed E-state index contributed by atoms with van der Waals surface area (Å²) in [6.07, 6.45) is 5.40. The Morgan fingerprint density at radius 2 is 2.17 bits per heavy atom. The second kappa shape index (κ2) is 5.77. The maximum Gasteiger partial charge on any atom is 0.226 e. The third-order valence-electron chi connectivity index (χ3n) is 2.56. The maximum atomic E-state index is 11.7. The minimum absolute atomic E-state index is 0.0350. The third kappa shape index (κ3) is 3.16. The number of carbonyl (C=O) groups is 1. The average molecular weight is 309 g/mol. The molecule has 0 spiro atoms. The Hall–Kier alpha value is -1.69. The summed E-state index contributed by atoms with van der Waals surface area (Å²) in [5.41, 5.74) is 1.78. The molecule has 0 saturated heterocycles. The van der Waals surface area contributed by atoms with Gasteiger partial charge in [-0.05, 0) is 35.0 Å². The van der Waals surface area contributed by atoms with Crippen molar-refractivity contribution < 1.29 is 4.79 Å². The molecule has 0 atom stereocenters. The number of aromatic nitrogens is 3. The number of amides is 1. The van der Waals surface area contributed by atoms with E-state index in [1.54, 1.807) is 35.4 Å². The normalized spacial score (nSPS) is 10.3. The predicted octanol–water partition coefficient (Wildman–Crippen LogP) is 2.38. The highest BCUT2D eigenvalue weighted by atomic mass is 79.9. The number of halogens is 1. The molecule has 0 aliphatic rings. The molecule has 6 heteroatoms. The lowest BCUT2D eigenvalue weighted by atomic mass is 10.3. The first kappa shape index (κ1) is 12.8. The number of nitrogens with zero attached hydrogens (tertiary/aromatic N) is 3. The van der Waals surface area contributed by atoms with Gasteiger partial charge in [-0.3, -0.25) is 14.5 Å². The summed E-state index contributed by atoms with van der Waals surface area (Å²) in [6.45, 7) is 2.52. The molecule has 2 aromatic rings. The van der Waals surface area contributed by atoms with Crippen LogP contribution >= 0.6 is 15.9 Å². The van der Waals surface area contributed by atoms with E-state index < -0.39 is 0 Å². The topological polar surface area (TPSA) is 59.8 Å². The van der Waals surface area contributed by atoms with Crippen LogP contribution < -0.4 is 5.32 Å². The number of aryl methyl sites for hydroxylation is 1. The minimum atomic E-state index is -0.0350. The van der Waals surface area contributed by atoms with Crippen molar-refractivity contribution in [1.29, 1.82) is 0 Å². The van der Waals surface area contributed by atoms with Gasteiger partial charge in [-0.2, -0.15) is 5.10 Å². The first-order valence-electron chi connectivity index (χ1n) is 5.54. The molecule has 0 aromatic carbocycles. The van der Waals surface area contributed by atoms with Gasteiger partial charge in [-0.1, -0.05) is 0 Å². The third-order valence-corrected chi connectivity index (χ3v) is 3.34. The van der Waals surface area contributed by atoms with Crippen molar-refractivity contribution in [3.05, 3.63) is 40.9 Å². The van der Waals surface area contributed by atoms with Gasteiger partial charge in [0.1, 0.15) is 0 Å². The van der Waals surface area contributed by atoms with Gasteiger partial charge in [0.2, 0.25) is 5.91 Å². The van der Waals surface area contributed by atoms with Gasteiger partial charge in [-0.25, -0.2) is 0 Å². The van der Waals surface area contributed by atoms with Gasteiger partial charge < -0.3 is 5.32 Å². The van der Waals surface area contributed by atoms with Crippen LogP contribution in [0.5, 0.6) is 0 Å². The Labute approximate surface area is 113 Å². The van der Waals surface area contributed by atoms with Crippen LogP contribution in [0.4, 0.5) is 5.69 Å². The summed E-state index contributed by atoms with van der Waals surface area (Å²) in [4.78, 5) is 15.6. The Morgan fingerprint density at radius 3 is 2.78 bits per heavy atom. The predicted molar refractivity (Wildman–Crippen MR) is 72.1 cm³/mol. The summed E-state index contributed by atoms with van der Waals surface area (Å²) in [5.74, 6) is -0.0350. The molecule has 18 heavy (non-hydrogen) atoms. The zero-order valence-electron chi connectivity index (χ0n) is 9.93. The van der Waals surface area contributed by atoms with E-state index >= 15 is 0 Å². The van der Waals surface area contributed by atoms with E-state index in [2.05, 4.69) is 31.3 Å². The largest absolute Gasteiger partial charge is 0.326 e. The van der Waals surface area contributed by atoms with Crippen LogP contribution in [0.2, 0.25) is 0 Å². The first-order valence-corrected chi connectivity index (χ1v) is 6.34. The maximum absolute atomic E-state index is 11.7. The SMILES string of the molecule is Cc1c(Br)cnn1CCC(=O)Nc1ccncc1. The van der Waals surface area contributed by atoms with Crippen LogP contribution in [0.25, 0.3) is 0 Å². The summed E-state index contributed by atoms with van der Waals surface area (Å²) < 4.78 is 2.76. The molecule has 1 N–H and O–H groups in total. The molecule has 0 saturated carbocycles. The van der Waals surface area contributed by atoms with E-state index in [1.807, 2.05) is 6.92 Å². The van der Waals surface area contributed by atoms with E-state index in [0.717, 1.165) is 15.9 Å². The number of anilines is 1. The fraction of sp³-hybridized carbons (Fsp3) is 0.250. The molecular formula is C12H13BrN4O. The quantitative estimate of drug-likeness (QED) is 0.943. The van der Waals surface area contributed by atoms with Crippen LogP contribution in [-0.4, -0.2) is 20.7 Å². The lowest BCUT2D eigenvalue weighted by Crippen LogP contribution is -2.15. The molecule has 0 fully saturated rings. The number of rotatable bonds is 4. The second-order valence-corrected chi connectivity index (χ2v) is 4.69. The van der Waals surface area contributed by atoms with Crippen molar-refractivity contribution in [3.8, 4) is 0 Å². The number of nitrogens with one attached hydrogen (secondary N) is 1. The fourth-order valence-electron chi connectivity index (χ4n) is 1.52.